The third-order valence-electron chi connectivity index (χ3n) is 4.21. The Morgan fingerprint density at radius 3 is 2.41 bits per heavy atom. The third-order valence-corrected chi connectivity index (χ3v) is 6.69. The van der Waals surface area contributed by atoms with Gasteiger partial charge >= 0.3 is 5.97 Å². The molecule has 0 radical (unpaired) electrons. The number of hydrogen-bond donors (Lipinski definition) is 2. The molecule has 2 N–H and O–H groups in total. The van der Waals surface area contributed by atoms with Crippen molar-refractivity contribution in [2.24, 2.45) is 0 Å². The summed E-state index contributed by atoms with van der Waals surface area (Å²) in [5.74, 6) is -0.0611. The molecule has 0 atom stereocenters. The molecule has 0 saturated heterocycles. The molecule has 0 aliphatic carbocycles. The summed E-state index contributed by atoms with van der Waals surface area (Å²) in [6, 6.07) is 12.5. The maximum Gasteiger partial charge on any atom is 0.336 e. The Hall–Kier alpha value is -1.83. The van der Waals surface area contributed by atoms with E-state index in [1.165, 1.54) is 17.7 Å². The van der Waals surface area contributed by atoms with Crippen LogP contribution in [0.15, 0.2) is 52.3 Å². The van der Waals surface area contributed by atoms with Gasteiger partial charge in [-0.05, 0) is 47.7 Å². The number of benzene rings is 2. The maximum absolute atomic E-state index is 12.4. The lowest BCUT2D eigenvalue weighted by atomic mass is 10.0. The Morgan fingerprint density at radius 2 is 1.85 bits per heavy atom. The van der Waals surface area contributed by atoms with Gasteiger partial charge in [0.2, 0.25) is 10.0 Å². The standard InChI is InChI=1S/C20H25NO4S2.H2/c1-4-15-7-10-18(13-19(15)20(22)23)27(24,25)21-11-12-26-17-8-5-16(6-9-17)14(2)3;/h5-10,13-14,21H,4,11-12H2,1-3H3,(H,22,23);1H. The van der Waals surface area contributed by atoms with E-state index >= 15 is 0 Å². The van der Waals surface area contributed by atoms with Crippen LogP contribution in [0.25, 0.3) is 0 Å². The Morgan fingerprint density at radius 1 is 1.19 bits per heavy atom. The summed E-state index contributed by atoms with van der Waals surface area (Å²) in [4.78, 5) is 12.4. The number of hydrogen-bond acceptors (Lipinski definition) is 4. The van der Waals surface area contributed by atoms with Crippen LogP contribution in [-0.4, -0.2) is 31.8 Å². The van der Waals surface area contributed by atoms with Crippen LogP contribution in [0.5, 0.6) is 0 Å². The van der Waals surface area contributed by atoms with E-state index in [4.69, 9.17) is 0 Å². The Balaban J connectivity index is 0.00000392. The summed E-state index contributed by atoms with van der Waals surface area (Å²) < 4.78 is 27.4. The van der Waals surface area contributed by atoms with Crippen molar-refractivity contribution in [3.05, 3.63) is 59.2 Å². The molecule has 0 unspecified atom stereocenters. The molecule has 0 aromatic heterocycles. The van der Waals surface area contributed by atoms with Gasteiger partial charge in [0.25, 0.3) is 0 Å². The molecular formula is C20H27NO4S2. The largest absolute Gasteiger partial charge is 0.478 e. The number of carbonyl (C=O) groups is 1. The fourth-order valence-electron chi connectivity index (χ4n) is 2.61. The summed E-state index contributed by atoms with van der Waals surface area (Å²) in [5, 5.41) is 9.26. The lowest BCUT2D eigenvalue weighted by Gasteiger charge is -2.10. The topological polar surface area (TPSA) is 83.5 Å². The van der Waals surface area contributed by atoms with Gasteiger partial charge in [-0.2, -0.15) is 0 Å². The number of carboxylic acid groups (broad SMARTS) is 1. The SMILES string of the molecule is CCc1ccc(S(=O)(=O)NCCSc2ccc(C(C)C)cc2)cc1C(=O)O.[HH]. The molecule has 0 saturated carbocycles. The fraction of sp³-hybridized carbons (Fsp3) is 0.350. The van der Waals surface area contributed by atoms with Crippen molar-refractivity contribution in [2.45, 2.75) is 42.9 Å². The Bertz CT molecular complexity index is 897. The van der Waals surface area contributed by atoms with E-state index in [0.717, 1.165) is 4.90 Å². The molecule has 0 heterocycles. The first kappa shape index (κ1) is 21.5. The van der Waals surface area contributed by atoms with Gasteiger partial charge in [-0.1, -0.05) is 39.0 Å². The second-order valence-electron chi connectivity index (χ2n) is 6.45. The summed E-state index contributed by atoms with van der Waals surface area (Å²) in [5.41, 5.74) is 1.91. The van der Waals surface area contributed by atoms with Crippen LogP contribution in [0.2, 0.25) is 0 Å². The maximum atomic E-state index is 12.4. The van der Waals surface area contributed by atoms with Gasteiger partial charge in [-0.15, -0.1) is 11.8 Å². The number of aryl methyl sites for hydroxylation is 1. The molecule has 27 heavy (non-hydrogen) atoms. The summed E-state index contributed by atoms with van der Waals surface area (Å²) >= 11 is 1.57. The minimum absolute atomic E-state index is 0. The molecule has 148 valence electrons. The first-order chi connectivity index (χ1) is 12.7. The van der Waals surface area contributed by atoms with Crippen molar-refractivity contribution < 1.29 is 19.7 Å². The van der Waals surface area contributed by atoms with Gasteiger partial charge in [0.05, 0.1) is 10.5 Å². The molecule has 0 spiro atoms. The monoisotopic (exact) mass is 409 g/mol. The lowest BCUT2D eigenvalue weighted by molar-refractivity contribution is 0.0695. The van der Waals surface area contributed by atoms with Crippen LogP contribution in [0.4, 0.5) is 0 Å². The summed E-state index contributed by atoms with van der Waals surface area (Å²) in [6.45, 7) is 6.37. The molecule has 0 fully saturated rings. The fourth-order valence-corrected chi connectivity index (χ4v) is 4.56. The van der Waals surface area contributed by atoms with Crippen molar-refractivity contribution in [3.63, 3.8) is 0 Å². The number of thioether (sulfide) groups is 1. The van der Waals surface area contributed by atoms with Crippen molar-refractivity contribution >= 4 is 27.8 Å². The summed E-state index contributed by atoms with van der Waals surface area (Å²) in [6.07, 6.45) is 0.529. The molecule has 2 aromatic carbocycles. The second kappa shape index (κ2) is 9.39. The predicted octanol–water partition coefficient (Wildman–Crippen LogP) is 4.39. The normalized spacial score (nSPS) is 11.7. The van der Waals surface area contributed by atoms with Crippen molar-refractivity contribution in [2.75, 3.05) is 12.3 Å². The molecule has 5 nitrogen and oxygen atoms in total. The molecular weight excluding hydrogens is 382 g/mol. The van der Waals surface area contributed by atoms with Crippen LogP contribution >= 0.6 is 11.8 Å². The van der Waals surface area contributed by atoms with E-state index in [-0.39, 0.29) is 18.4 Å². The first-order valence-electron chi connectivity index (χ1n) is 8.83. The number of sulfonamides is 1. The molecule has 2 rings (SSSR count). The van der Waals surface area contributed by atoms with E-state index < -0.39 is 16.0 Å². The number of rotatable bonds is 9. The van der Waals surface area contributed by atoms with Gasteiger partial charge in [-0.3, -0.25) is 0 Å². The zero-order valence-electron chi connectivity index (χ0n) is 15.7. The average Bonchev–Trinajstić information content (AvgIpc) is 2.65. The highest BCUT2D eigenvalue weighted by atomic mass is 32.2. The highest BCUT2D eigenvalue weighted by Gasteiger charge is 2.18. The molecule has 2 aromatic rings. The first-order valence-corrected chi connectivity index (χ1v) is 11.3. The van der Waals surface area contributed by atoms with E-state index in [2.05, 4.69) is 30.7 Å². The van der Waals surface area contributed by atoms with E-state index in [1.807, 2.05) is 19.1 Å². The van der Waals surface area contributed by atoms with Crippen LogP contribution < -0.4 is 4.72 Å². The van der Waals surface area contributed by atoms with Crippen LogP contribution in [0, 0.1) is 0 Å². The van der Waals surface area contributed by atoms with Crippen molar-refractivity contribution in [1.29, 1.82) is 0 Å². The minimum atomic E-state index is -3.74. The molecule has 0 aliphatic rings. The van der Waals surface area contributed by atoms with Gasteiger partial charge in [-0.25, -0.2) is 17.9 Å². The summed E-state index contributed by atoms with van der Waals surface area (Å²) in [7, 11) is -3.74. The average molecular weight is 410 g/mol. The van der Waals surface area contributed by atoms with E-state index in [1.54, 1.807) is 17.8 Å². The van der Waals surface area contributed by atoms with Gasteiger partial charge < -0.3 is 5.11 Å². The van der Waals surface area contributed by atoms with Gasteiger partial charge in [0.15, 0.2) is 0 Å². The van der Waals surface area contributed by atoms with Crippen LogP contribution in [-0.2, 0) is 16.4 Å². The van der Waals surface area contributed by atoms with E-state index in [0.29, 0.717) is 23.7 Å². The van der Waals surface area contributed by atoms with Gasteiger partial charge in [0, 0.05) is 18.6 Å². The quantitative estimate of drug-likeness (QED) is 0.474. The number of nitrogens with one attached hydrogen (secondary N) is 1. The number of carboxylic acids is 1. The molecule has 0 amide bonds. The highest BCUT2D eigenvalue weighted by molar-refractivity contribution is 7.99. The van der Waals surface area contributed by atoms with E-state index in [9.17, 15) is 18.3 Å². The van der Waals surface area contributed by atoms with Gasteiger partial charge in [0.1, 0.15) is 0 Å². The predicted molar refractivity (Wildman–Crippen MR) is 111 cm³/mol. The van der Waals surface area contributed by atoms with Crippen molar-refractivity contribution in [1.82, 2.24) is 4.72 Å². The Labute approximate surface area is 166 Å². The number of aromatic carboxylic acids is 1. The smallest absolute Gasteiger partial charge is 0.336 e. The van der Waals surface area contributed by atoms with Crippen molar-refractivity contribution in [3.8, 4) is 0 Å². The second-order valence-corrected chi connectivity index (χ2v) is 9.38. The molecule has 7 heteroatoms. The molecule has 0 bridgehead atoms. The third kappa shape index (κ3) is 5.82. The zero-order valence-corrected chi connectivity index (χ0v) is 17.4. The molecule has 0 aliphatic heterocycles. The highest BCUT2D eigenvalue weighted by Crippen LogP contribution is 2.22. The Kier molecular flexibility index (Phi) is 7.47. The van der Waals surface area contributed by atoms with Crippen LogP contribution in [0.3, 0.4) is 0 Å². The minimum Gasteiger partial charge on any atom is -0.478 e. The lowest BCUT2D eigenvalue weighted by Crippen LogP contribution is -2.26. The zero-order chi connectivity index (χ0) is 20.0. The van der Waals surface area contributed by atoms with Crippen LogP contribution in [0.1, 0.15) is 49.6 Å².